The van der Waals surface area contributed by atoms with Gasteiger partial charge in [-0.15, -0.1) is 0 Å². The van der Waals surface area contributed by atoms with Crippen molar-refractivity contribution in [3.05, 3.63) is 60.2 Å². The number of hydrogen-bond donors (Lipinski definition) is 1. The van der Waals surface area contributed by atoms with E-state index in [9.17, 15) is 13.2 Å². The van der Waals surface area contributed by atoms with Crippen LogP contribution in [0.1, 0.15) is 36.0 Å². The van der Waals surface area contributed by atoms with Crippen LogP contribution in [0.5, 0.6) is 0 Å². The van der Waals surface area contributed by atoms with Crippen molar-refractivity contribution in [1.29, 1.82) is 0 Å². The summed E-state index contributed by atoms with van der Waals surface area (Å²) >= 11 is 0. The van der Waals surface area contributed by atoms with Crippen LogP contribution in [0.4, 0.5) is 5.69 Å². The molecule has 1 aliphatic heterocycles. The van der Waals surface area contributed by atoms with Crippen LogP contribution in [-0.2, 0) is 10.0 Å². The van der Waals surface area contributed by atoms with Crippen LogP contribution in [0.2, 0.25) is 0 Å². The van der Waals surface area contributed by atoms with Gasteiger partial charge in [-0.25, -0.2) is 8.42 Å². The fourth-order valence-corrected chi connectivity index (χ4v) is 5.58. The first kappa shape index (κ1) is 19.9. The molecule has 1 saturated carbocycles. The predicted molar refractivity (Wildman–Crippen MR) is 114 cm³/mol. The van der Waals surface area contributed by atoms with Gasteiger partial charge in [0.15, 0.2) is 0 Å². The third-order valence-electron chi connectivity index (χ3n) is 5.78. The molecule has 29 heavy (non-hydrogen) atoms. The zero-order chi connectivity index (χ0) is 20.3. The van der Waals surface area contributed by atoms with E-state index in [0.29, 0.717) is 31.7 Å². The lowest BCUT2D eigenvalue weighted by Gasteiger charge is -2.35. The smallest absolute Gasteiger partial charge is 0.251 e. The number of para-hydroxylation sites is 1. The van der Waals surface area contributed by atoms with Crippen molar-refractivity contribution >= 4 is 21.6 Å². The van der Waals surface area contributed by atoms with Crippen molar-refractivity contribution in [1.82, 2.24) is 9.62 Å². The van der Waals surface area contributed by atoms with E-state index in [2.05, 4.69) is 10.2 Å². The van der Waals surface area contributed by atoms with E-state index < -0.39 is 10.0 Å². The summed E-state index contributed by atoms with van der Waals surface area (Å²) in [6.45, 7) is 2.14. The largest absolute Gasteiger partial charge is 0.369 e. The number of rotatable bonds is 5. The van der Waals surface area contributed by atoms with Gasteiger partial charge in [0.1, 0.15) is 0 Å². The Hall–Kier alpha value is -2.38. The first-order valence-corrected chi connectivity index (χ1v) is 11.7. The zero-order valence-electron chi connectivity index (χ0n) is 16.5. The second-order valence-electron chi connectivity index (χ2n) is 7.71. The molecule has 0 bridgehead atoms. The van der Waals surface area contributed by atoms with Gasteiger partial charge < -0.3 is 10.2 Å². The van der Waals surface area contributed by atoms with E-state index in [1.54, 1.807) is 18.2 Å². The lowest BCUT2D eigenvalue weighted by Crippen LogP contribution is -2.48. The molecule has 1 heterocycles. The number of nitrogens with one attached hydrogen (secondary N) is 1. The second kappa shape index (κ2) is 8.55. The highest BCUT2D eigenvalue weighted by atomic mass is 32.2. The van der Waals surface area contributed by atoms with Crippen molar-refractivity contribution in [2.45, 2.75) is 36.6 Å². The molecule has 1 N–H and O–H groups in total. The van der Waals surface area contributed by atoms with Crippen molar-refractivity contribution in [3.63, 3.8) is 0 Å². The van der Waals surface area contributed by atoms with Crippen molar-refractivity contribution < 1.29 is 13.2 Å². The third-order valence-corrected chi connectivity index (χ3v) is 7.68. The zero-order valence-corrected chi connectivity index (χ0v) is 17.3. The van der Waals surface area contributed by atoms with Gasteiger partial charge in [-0.3, -0.25) is 4.79 Å². The third kappa shape index (κ3) is 4.46. The highest BCUT2D eigenvalue weighted by Gasteiger charge is 2.29. The van der Waals surface area contributed by atoms with E-state index >= 15 is 0 Å². The Morgan fingerprint density at radius 3 is 2.28 bits per heavy atom. The van der Waals surface area contributed by atoms with Gasteiger partial charge in [-0.2, -0.15) is 4.31 Å². The van der Waals surface area contributed by atoms with Crippen LogP contribution < -0.4 is 10.2 Å². The fraction of sp³-hybridized carbons (Fsp3) is 0.409. The molecule has 2 aromatic carbocycles. The summed E-state index contributed by atoms with van der Waals surface area (Å²) in [5.74, 6) is -0.192. The molecule has 1 amide bonds. The molecule has 0 spiro atoms. The van der Waals surface area contributed by atoms with Crippen molar-refractivity contribution in [2.24, 2.45) is 0 Å². The number of piperazine rings is 1. The summed E-state index contributed by atoms with van der Waals surface area (Å²) in [6.07, 6.45) is 4.26. The van der Waals surface area contributed by atoms with Gasteiger partial charge in [0.05, 0.1) is 4.90 Å². The standard InChI is InChI=1S/C22H27N3O3S/c26-22(23-19-8-4-5-9-19)18-7-6-12-21(17-18)29(27,28)25-15-13-24(14-16-25)20-10-2-1-3-11-20/h1-3,6-7,10-12,17,19H,4-5,8-9,13-16H2,(H,23,26). The maximum atomic E-state index is 13.1. The summed E-state index contributed by atoms with van der Waals surface area (Å²) in [4.78, 5) is 14.9. The molecular formula is C22H27N3O3S. The number of carbonyl (C=O) groups is 1. The second-order valence-corrected chi connectivity index (χ2v) is 9.65. The number of amides is 1. The minimum Gasteiger partial charge on any atom is -0.369 e. The van der Waals surface area contributed by atoms with Crippen molar-refractivity contribution in [3.8, 4) is 0 Å². The molecule has 1 saturated heterocycles. The SMILES string of the molecule is O=C(NC1CCCC1)c1cccc(S(=O)(=O)N2CCN(c3ccccc3)CC2)c1. The molecule has 0 atom stereocenters. The molecule has 0 aromatic heterocycles. The summed E-state index contributed by atoms with van der Waals surface area (Å²) in [7, 11) is -3.62. The van der Waals surface area contributed by atoms with E-state index in [1.165, 1.54) is 10.4 Å². The normalized spacial score (nSPS) is 18.7. The quantitative estimate of drug-likeness (QED) is 0.818. The Labute approximate surface area is 172 Å². The van der Waals surface area contributed by atoms with Gasteiger partial charge in [0, 0.05) is 43.5 Å². The van der Waals surface area contributed by atoms with Crippen LogP contribution in [0, 0.1) is 0 Å². The van der Waals surface area contributed by atoms with Crippen molar-refractivity contribution in [2.75, 3.05) is 31.1 Å². The van der Waals surface area contributed by atoms with Crippen LogP contribution in [0.3, 0.4) is 0 Å². The van der Waals surface area contributed by atoms with E-state index in [1.807, 2.05) is 30.3 Å². The summed E-state index contributed by atoms with van der Waals surface area (Å²) in [6, 6.07) is 16.6. The Morgan fingerprint density at radius 2 is 1.59 bits per heavy atom. The first-order valence-electron chi connectivity index (χ1n) is 10.2. The number of hydrogen-bond acceptors (Lipinski definition) is 4. The molecule has 6 nitrogen and oxygen atoms in total. The number of anilines is 1. The average Bonchev–Trinajstić information content (AvgIpc) is 3.27. The molecule has 2 fully saturated rings. The first-order chi connectivity index (χ1) is 14.0. The van der Waals surface area contributed by atoms with Crippen LogP contribution >= 0.6 is 0 Å². The number of benzene rings is 2. The highest BCUT2D eigenvalue weighted by molar-refractivity contribution is 7.89. The molecule has 1 aliphatic carbocycles. The molecular weight excluding hydrogens is 386 g/mol. The van der Waals surface area contributed by atoms with Gasteiger partial charge in [-0.1, -0.05) is 37.1 Å². The molecule has 2 aromatic rings. The van der Waals surface area contributed by atoms with E-state index in [0.717, 1.165) is 31.4 Å². The average molecular weight is 414 g/mol. The molecule has 0 unspecified atom stereocenters. The van der Waals surface area contributed by atoms with Gasteiger partial charge >= 0.3 is 0 Å². The Kier molecular flexibility index (Phi) is 5.87. The maximum Gasteiger partial charge on any atom is 0.251 e. The lowest BCUT2D eigenvalue weighted by atomic mass is 10.2. The summed E-state index contributed by atoms with van der Waals surface area (Å²) < 4.78 is 27.8. The molecule has 7 heteroatoms. The maximum absolute atomic E-state index is 13.1. The van der Waals surface area contributed by atoms with Gasteiger partial charge in [0.2, 0.25) is 10.0 Å². The van der Waals surface area contributed by atoms with Gasteiger partial charge in [0.25, 0.3) is 5.91 Å². The number of nitrogens with zero attached hydrogens (tertiary/aromatic N) is 2. The number of sulfonamides is 1. The van der Waals surface area contributed by atoms with Crippen LogP contribution in [0.15, 0.2) is 59.5 Å². The summed E-state index contributed by atoms with van der Waals surface area (Å²) in [5, 5.41) is 3.02. The molecule has 2 aliphatic rings. The monoisotopic (exact) mass is 413 g/mol. The highest BCUT2D eigenvalue weighted by Crippen LogP contribution is 2.22. The molecule has 0 radical (unpaired) electrons. The van der Waals surface area contributed by atoms with Gasteiger partial charge in [-0.05, 0) is 43.2 Å². The Morgan fingerprint density at radius 1 is 0.897 bits per heavy atom. The Balaban J connectivity index is 1.44. The topological polar surface area (TPSA) is 69.7 Å². The molecule has 4 rings (SSSR count). The van der Waals surface area contributed by atoms with Crippen LogP contribution in [-0.4, -0.2) is 50.9 Å². The van der Waals surface area contributed by atoms with E-state index in [-0.39, 0.29) is 16.8 Å². The minimum absolute atomic E-state index is 0.185. The Bertz CT molecular complexity index is 948. The number of carbonyl (C=O) groups excluding carboxylic acids is 1. The summed E-state index contributed by atoms with van der Waals surface area (Å²) in [5.41, 5.74) is 1.51. The fourth-order valence-electron chi connectivity index (χ4n) is 4.11. The predicted octanol–water partition coefficient (Wildman–Crippen LogP) is 2.87. The minimum atomic E-state index is -3.62. The lowest BCUT2D eigenvalue weighted by molar-refractivity contribution is 0.0937. The van der Waals surface area contributed by atoms with Crippen LogP contribution in [0.25, 0.3) is 0 Å². The van der Waals surface area contributed by atoms with E-state index in [4.69, 9.17) is 0 Å². The molecule has 154 valence electrons.